The summed E-state index contributed by atoms with van der Waals surface area (Å²) >= 11 is 1.95. The van der Waals surface area contributed by atoms with Gasteiger partial charge < -0.3 is 0 Å². The lowest BCUT2D eigenvalue weighted by Crippen LogP contribution is -2.00. The van der Waals surface area contributed by atoms with Crippen molar-refractivity contribution >= 4 is 23.3 Å². The van der Waals surface area contributed by atoms with Gasteiger partial charge in [-0.2, -0.15) is 11.8 Å². The number of ketones is 2. The van der Waals surface area contributed by atoms with Crippen molar-refractivity contribution < 1.29 is 9.59 Å². The van der Waals surface area contributed by atoms with E-state index in [0.29, 0.717) is 11.6 Å². The van der Waals surface area contributed by atoms with Crippen LogP contribution in [0.5, 0.6) is 0 Å². The number of rotatable bonds is 0. The molecule has 120 valence electrons. The summed E-state index contributed by atoms with van der Waals surface area (Å²) in [4.78, 5) is 24.0. The summed E-state index contributed by atoms with van der Waals surface area (Å²) in [6, 6.07) is 0. The van der Waals surface area contributed by atoms with E-state index in [-0.39, 0.29) is 0 Å². The third kappa shape index (κ3) is 3.73. The first-order chi connectivity index (χ1) is 10.8. The zero-order chi connectivity index (χ0) is 15.4. The molecule has 1 aliphatic heterocycles. The number of carbonyl (C=O) groups excluding carboxylic acids is 2. The summed E-state index contributed by atoms with van der Waals surface area (Å²) in [6.45, 7) is 0. The van der Waals surface area contributed by atoms with Crippen LogP contribution in [0.1, 0.15) is 70.6 Å². The molecule has 3 aliphatic rings. The standard InChI is InChI=1S/C19H26O2S/c20-18-9-7-15-10-12-22-13-11-17-14(6-8-19(17)21)4-2-1-3-5-16(15)18/h1-13H2. The van der Waals surface area contributed by atoms with E-state index >= 15 is 0 Å². The fraction of sp³-hybridized carbons (Fsp3) is 0.684. The van der Waals surface area contributed by atoms with Gasteiger partial charge in [0.1, 0.15) is 0 Å². The molecule has 3 rings (SSSR count). The van der Waals surface area contributed by atoms with E-state index in [4.69, 9.17) is 0 Å². The van der Waals surface area contributed by atoms with Crippen LogP contribution in [-0.4, -0.2) is 23.1 Å². The highest BCUT2D eigenvalue weighted by Crippen LogP contribution is 2.33. The van der Waals surface area contributed by atoms with Gasteiger partial charge in [0, 0.05) is 12.8 Å². The molecule has 0 atom stereocenters. The lowest BCUT2D eigenvalue weighted by atomic mass is 9.98. The van der Waals surface area contributed by atoms with Crippen molar-refractivity contribution in [3.63, 3.8) is 0 Å². The van der Waals surface area contributed by atoms with Crippen molar-refractivity contribution in [3.8, 4) is 0 Å². The SMILES string of the molecule is O=C1CCC2=C1CCCCCC1=C(CCSCC2)C(=O)CC1. The smallest absolute Gasteiger partial charge is 0.159 e. The van der Waals surface area contributed by atoms with Crippen LogP contribution in [0.3, 0.4) is 0 Å². The molecule has 2 aliphatic carbocycles. The number of Topliss-reactive ketones (excluding diaryl/α,β-unsaturated/α-hetero) is 2. The van der Waals surface area contributed by atoms with E-state index in [0.717, 1.165) is 69.3 Å². The van der Waals surface area contributed by atoms with Crippen LogP contribution in [-0.2, 0) is 9.59 Å². The molecule has 0 aromatic carbocycles. The van der Waals surface area contributed by atoms with E-state index in [1.54, 1.807) is 0 Å². The predicted molar refractivity (Wildman–Crippen MR) is 92.2 cm³/mol. The average molecular weight is 318 g/mol. The van der Waals surface area contributed by atoms with Crippen LogP contribution in [0.15, 0.2) is 22.3 Å². The average Bonchev–Trinajstić information content (AvgIpc) is 3.03. The maximum atomic E-state index is 12.0. The van der Waals surface area contributed by atoms with Crippen molar-refractivity contribution in [2.45, 2.75) is 70.6 Å². The van der Waals surface area contributed by atoms with Gasteiger partial charge in [-0.3, -0.25) is 9.59 Å². The highest BCUT2D eigenvalue weighted by molar-refractivity contribution is 7.99. The summed E-state index contributed by atoms with van der Waals surface area (Å²) in [5.41, 5.74) is 5.22. The molecule has 0 fully saturated rings. The first-order valence-electron chi connectivity index (χ1n) is 8.81. The minimum absolute atomic E-state index is 0.411. The molecule has 0 amide bonds. The van der Waals surface area contributed by atoms with Crippen molar-refractivity contribution in [1.29, 1.82) is 0 Å². The van der Waals surface area contributed by atoms with Gasteiger partial charge >= 0.3 is 0 Å². The highest BCUT2D eigenvalue weighted by Gasteiger charge is 2.24. The van der Waals surface area contributed by atoms with E-state index in [9.17, 15) is 9.59 Å². The topological polar surface area (TPSA) is 34.1 Å². The number of carbonyl (C=O) groups is 2. The Kier molecular flexibility index (Phi) is 5.56. The molecular formula is C19H26O2S. The van der Waals surface area contributed by atoms with Gasteiger partial charge in [-0.1, -0.05) is 17.6 Å². The highest BCUT2D eigenvalue weighted by atomic mass is 32.2. The molecule has 3 heteroatoms. The molecule has 0 aromatic rings. The van der Waals surface area contributed by atoms with Crippen LogP contribution >= 0.6 is 11.8 Å². The summed E-state index contributed by atoms with van der Waals surface area (Å²) < 4.78 is 0. The van der Waals surface area contributed by atoms with Crippen LogP contribution in [0.25, 0.3) is 0 Å². The molecule has 22 heavy (non-hydrogen) atoms. The maximum absolute atomic E-state index is 12.0. The first-order valence-corrected chi connectivity index (χ1v) is 9.97. The van der Waals surface area contributed by atoms with Crippen molar-refractivity contribution in [2.24, 2.45) is 0 Å². The quantitative estimate of drug-likeness (QED) is 0.644. The Morgan fingerprint density at radius 2 is 1.14 bits per heavy atom. The molecule has 0 spiro atoms. The molecule has 0 saturated carbocycles. The minimum Gasteiger partial charge on any atom is -0.295 e. The number of thioether (sulfide) groups is 1. The summed E-state index contributed by atoms with van der Waals surface area (Å²) in [6.07, 6.45) is 11.1. The lowest BCUT2D eigenvalue weighted by Gasteiger charge is -2.10. The maximum Gasteiger partial charge on any atom is 0.159 e. The fourth-order valence-electron chi connectivity index (χ4n) is 4.00. The summed E-state index contributed by atoms with van der Waals surface area (Å²) in [5.74, 6) is 2.98. The molecule has 0 unspecified atom stereocenters. The van der Waals surface area contributed by atoms with Crippen LogP contribution in [0.4, 0.5) is 0 Å². The number of hydrogen-bond acceptors (Lipinski definition) is 3. The van der Waals surface area contributed by atoms with Crippen molar-refractivity contribution in [3.05, 3.63) is 22.3 Å². The van der Waals surface area contributed by atoms with Gasteiger partial charge in [0.2, 0.25) is 0 Å². The Morgan fingerprint density at radius 3 is 1.91 bits per heavy atom. The number of hydrogen-bond donors (Lipinski definition) is 0. The zero-order valence-electron chi connectivity index (χ0n) is 13.4. The second-order valence-electron chi connectivity index (χ2n) is 6.68. The Labute approximate surface area is 137 Å². The predicted octanol–water partition coefficient (Wildman–Crippen LogP) is 4.78. The molecule has 2 nitrogen and oxygen atoms in total. The van der Waals surface area contributed by atoms with Crippen LogP contribution in [0.2, 0.25) is 0 Å². The monoisotopic (exact) mass is 318 g/mol. The third-order valence-corrected chi connectivity index (χ3v) is 6.27. The number of allylic oxidation sites excluding steroid dienone is 4. The summed E-state index contributed by atoms with van der Waals surface area (Å²) in [7, 11) is 0. The molecule has 1 heterocycles. The van der Waals surface area contributed by atoms with Gasteiger partial charge in [-0.15, -0.1) is 0 Å². The minimum atomic E-state index is 0.411. The molecular weight excluding hydrogens is 292 g/mol. The molecule has 0 saturated heterocycles. The lowest BCUT2D eigenvalue weighted by molar-refractivity contribution is -0.115. The largest absolute Gasteiger partial charge is 0.295 e. The van der Waals surface area contributed by atoms with E-state index < -0.39 is 0 Å². The van der Waals surface area contributed by atoms with Gasteiger partial charge in [0.05, 0.1) is 0 Å². The molecule has 0 N–H and O–H groups in total. The van der Waals surface area contributed by atoms with Crippen LogP contribution < -0.4 is 0 Å². The summed E-state index contributed by atoms with van der Waals surface area (Å²) in [5, 5.41) is 0. The van der Waals surface area contributed by atoms with E-state index in [1.165, 1.54) is 35.1 Å². The normalized spacial score (nSPS) is 25.3. The second-order valence-corrected chi connectivity index (χ2v) is 7.91. The molecule has 0 radical (unpaired) electrons. The van der Waals surface area contributed by atoms with Gasteiger partial charge in [0.25, 0.3) is 0 Å². The Hall–Kier alpha value is -0.830. The second kappa shape index (κ2) is 7.63. The molecule has 0 bridgehead atoms. The van der Waals surface area contributed by atoms with E-state index in [1.807, 2.05) is 11.8 Å². The zero-order valence-corrected chi connectivity index (χ0v) is 14.2. The first kappa shape index (κ1) is 16.0. The van der Waals surface area contributed by atoms with Crippen LogP contribution in [0, 0.1) is 0 Å². The van der Waals surface area contributed by atoms with Gasteiger partial charge in [0.15, 0.2) is 11.6 Å². The van der Waals surface area contributed by atoms with Crippen molar-refractivity contribution in [2.75, 3.05) is 11.5 Å². The Balaban J connectivity index is 1.64. The third-order valence-electron chi connectivity index (χ3n) is 5.28. The molecule has 0 aromatic heterocycles. The van der Waals surface area contributed by atoms with E-state index in [2.05, 4.69) is 0 Å². The van der Waals surface area contributed by atoms with Gasteiger partial charge in [-0.25, -0.2) is 0 Å². The van der Waals surface area contributed by atoms with Gasteiger partial charge in [-0.05, 0) is 74.0 Å². The van der Waals surface area contributed by atoms with Crippen molar-refractivity contribution in [1.82, 2.24) is 0 Å². The Bertz CT molecular complexity index is 480. The fourth-order valence-corrected chi connectivity index (χ4v) is 4.94. The Morgan fingerprint density at radius 1 is 0.545 bits per heavy atom.